The zero-order valence-electron chi connectivity index (χ0n) is 18.3. The number of aliphatic hydroxyl groups is 1. The number of rotatable bonds is 7. The second kappa shape index (κ2) is 9.54. The van der Waals surface area contributed by atoms with Crippen LogP contribution in [0.4, 0.5) is 11.4 Å². The van der Waals surface area contributed by atoms with Gasteiger partial charge in [-0.15, -0.1) is 0 Å². The van der Waals surface area contributed by atoms with E-state index in [0.717, 1.165) is 33.6 Å². The first-order valence-corrected chi connectivity index (χ1v) is 10.6. The van der Waals surface area contributed by atoms with Gasteiger partial charge in [0.15, 0.2) is 0 Å². The molecule has 0 spiro atoms. The highest BCUT2D eigenvalue weighted by Gasteiger charge is 2.15. The Hall–Kier alpha value is -4.16. The van der Waals surface area contributed by atoms with Gasteiger partial charge in [0.25, 0.3) is 0 Å². The lowest BCUT2D eigenvalue weighted by Gasteiger charge is -2.20. The van der Waals surface area contributed by atoms with Gasteiger partial charge in [0, 0.05) is 28.1 Å². The van der Waals surface area contributed by atoms with E-state index < -0.39 is 0 Å². The highest BCUT2D eigenvalue weighted by molar-refractivity contribution is 6.02. The van der Waals surface area contributed by atoms with E-state index in [1.165, 1.54) is 0 Å². The third-order valence-electron chi connectivity index (χ3n) is 5.52. The lowest BCUT2D eigenvalue weighted by atomic mass is 9.95. The maximum Gasteiger partial charge on any atom is 0.115 e. The molecule has 0 aliphatic heterocycles. The number of phenols is 1. The van der Waals surface area contributed by atoms with Crippen molar-refractivity contribution in [3.8, 4) is 28.1 Å². The van der Waals surface area contributed by atoms with Gasteiger partial charge < -0.3 is 26.7 Å². The molecule has 166 valence electrons. The minimum Gasteiger partial charge on any atom is -0.508 e. The van der Waals surface area contributed by atoms with Crippen molar-refractivity contribution in [1.29, 1.82) is 5.41 Å². The molecule has 1 heterocycles. The number of nitrogens with zero attached hydrogens (tertiary/aromatic N) is 1. The molecule has 1 unspecified atom stereocenters. The van der Waals surface area contributed by atoms with Crippen LogP contribution in [-0.2, 0) is 0 Å². The summed E-state index contributed by atoms with van der Waals surface area (Å²) >= 11 is 0. The van der Waals surface area contributed by atoms with Crippen molar-refractivity contribution in [3.05, 3.63) is 96.2 Å². The van der Waals surface area contributed by atoms with Crippen LogP contribution in [0.25, 0.3) is 22.4 Å². The number of benzene rings is 3. The van der Waals surface area contributed by atoms with Gasteiger partial charge in [-0.05, 0) is 60.5 Å². The molecule has 1 aromatic heterocycles. The van der Waals surface area contributed by atoms with Crippen LogP contribution in [0.2, 0.25) is 0 Å². The molecule has 6 nitrogen and oxygen atoms in total. The number of nitrogens with two attached hydrogens (primary N) is 1. The quantitative estimate of drug-likeness (QED) is 0.200. The number of phenolic OH excluding ortho intramolecular Hbond substituents is 1. The number of aromatic hydroxyl groups is 1. The van der Waals surface area contributed by atoms with Gasteiger partial charge in [-0.2, -0.15) is 0 Å². The largest absolute Gasteiger partial charge is 0.508 e. The minimum atomic E-state index is -0.286. The predicted octanol–water partition coefficient (Wildman–Crippen LogP) is 5.24. The van der Waals surface area contributed by atoms with E-state index in [-0.39, 0.29) is 18.4 Å². The molecule has 0 radical (unpaired) electrons. The van der Waals surface area contributed by atoms with Crippen molar-refractivity contribution in [2.24, 2.45) is 0 Å². The number of anilines is 2. The van der Waals surface area contributed by atoms with Gasteiger partial charge in [0.05, 0.1) is 30.2 Å². The first-order valence-electron chi connectivity index (χ1n) is 10.6. The average Bonchev–Trinajstić information content (AvgIpc) is 2.84. The normalized spacial score (nSPS) is 11.7. The van der Waals surface area contributed by atoms with E-state index in [4.69, 9.17) is 16.1 Å². The summed E-state index contributed by atoms with van der Waals surface area (Å²) in [5.41, 5.74) is 12.7. The van der Waals surface area contributed by atoms with Crippen molar-refractivity contribution < 1.29 is 10.2 Å². The van der Waals surface area contributed by atoms with Gasteiger partial charge >= 0.3 is 0 Å². The molecular weight excluding hydrogens is 412 g/mol. The fraction of sp³-hybridized carbons (Fsp3) is 0.111. The highest BCUT2D eigenvalue weighted by Crippen LogP contribution is 2.35. The Morgan fingerprint density at radius 3 is 2.36 bits per heavy atom. The van der Waals surface area contributed by atoms with E-state index in [1.807, 2.05) is 60.7 Å². The van der Waals surface area contributed by atoms with Gasteiger partial charge in [0.2, 0.25) is 0 Å². The number of hydrogen-bond donors (Lipinski definition) is 5. The van der Waals surface area contributed by atoms with E-state index in [1.54, 1.807) is 31.3 Å². The zero-order valence-corrected chi connectivity index (χ0v) is 18.3. The molecule has 6 heteroatoms. The van der Waals surface area contributed by atoms with Crippen LogP contribution in [0, 0.1) is 5.41 Å². The molecule has 0 saturated heterocycles. The maximum absolute atomic E-state index is 9.97. The Morgan fingerprint density at radius 1 is 1.00 bits per heavy atom. The van der Waals surface area contributed by atoms with Crippen LogP contribution in [0.1, 0.15) is 24.1 Å². The molecule has 0 amide bonds. The molecule has 6 N–H and O–H groups in total. The van der Waals surface area contributed by atoms with Gasteiger partial charge in [-0.25, -0.2) is 0 Å². The summed E-state index contributed by atoms with van der Waals surface area (Å²) in [6, 6.07) is 23.9. The Balaban J connectivity index is 1.81. The summed E-state index contributed by atoms with van der Waals surface area (Å²) in [6.45, 7) is 1.64. The smallest absolute Gasteiger partial charge is 0.115 e. The minimum absolute atomic E-state index is 0.0714. The van der Waals surface area contributed by atoms with Gasteiger partial charge in [0.1, 0.15) is 5.75 Å². The molecule has 1 atom stereocenters. The second-order valence-corrected chi connectivity index (χ2v) is 7.88. The third kappa shape index (κ3) is 4.86. The zero-order chi connectivity index (χ0) is 23.4. The highest BCUT2D eigenvalue weighted by atomic mass is 16.3. The first kappa shape index (κ1) is 22.0. The monoisotopic (exact) mass is 438 g/mol. The Morgan fingerprint density at radius 2 is 1.70 bits per heavy atom. The lowest BCUT2D eigenvalue weighted by molar-refractivity contribution is 0.276. The van der Waals surface area contributed by atoms with Crippen molar-refractivity contribution in [2.75, 3.05) is 17.7 Å². The summed E-state index contributed by atoms with van der Waals surface area (Å²) in [7, 11) is 0. The fourth-order valence-electron chi connectivity index (χ4n) is 3.78. The molecule has 4 aromatic rings. The Bertz CT molecular complexity index is 1270. The summed E-state index contributed by atoms with van der Waals surface area (Å²) in [5.74, 6) is 0.182. The Kier molecular flexibility index (Phi) is 6.38. The molecular formula is C27H26N4O2. The SMILES string of the molecule is CC(=N)c1cc(-c2cc(NC(CO)c3ccccc3)cnc2-c2ccc(O)cc2)ccc1N. The molecule has 4 rings (SSSR count). The number of nitrogens with one attached hydrogen (secondary N) is 2. The van der Waals surface area contributed by atoms with Crippen LogP contribution >= 0.6 is 0 Å². The topological polar surface area (TPSA) is 115 Å². The van der Waals surface area contributed by atoms with E-state index in [2.05, 4.69) is 5.32 Å². The second-order valence-electron chi connectivity index (χ2n) is 7.88. The van der Waals surface area contributed by atoms with Crippen molar-refractivity contribution in [1.82, 2.24) is 4.98 Å². The molecule has 33 heavy (non-hydrogen) atoms. The molecule has 0 saturated carbocycles. The summed E-state index contributed by atoms with van der Waals surface area (Å²) in [5, 5.41) is 31.1. The predicted molar refractivity (Wildman–Crippen MR) is 134 cm³/mol. The van der Waals surface area contributed by atoms with Crippen molar-refractivity contribution in [2.45, 2.75) is 13.0 Å². The number of hydrogen-bond acceptors (Lipinski definition) is 6. The van der Waals surface area contributed by atoms with Crippen molar-refractivity contribution in [3.63, 3.8) is 0 Å². The maximum atomic E-state index is 9.97. The first-order chi connectivity index (χ1) is 16.0. The number of nitrogen functional groups attached to an aromatic ring is 1. The average molecular weight is 439 g/mol. The fourth-order valence-corrected chi connectivity index (χ4v) is 3.78. The van der Waals surface area contributed by atoms with Crippen LogP contribution in [0.15, 0.2) is 85.1 Å². The lowest BCUT2D eigenvalue weighted by Crippen LogP contribution is -2.15. The number of pyridine rings is 1. The third-order valence-corrected chi connectivity index (χ3v) is 5.52. The van der Waals surface area contributed by atoms with Gasteiger partial charge in [-0.1, -0.05) is 36.4 Å². The van der Waals surface area contributed by atoms with Crippen LogP contribution < -0.4 is 11.1 Å². The van der Waals surface area contributed by atoms with E-state index in [0.29, 0.717) is 17.0 Å². The molecule has 0 fully saturated rings. The summed E-state index contributed by atoms with van der Waals surface area (Å²) in [6.07, 6.45) is 1.73. The molecule has 3 aromatic carbocycles. The van der Waals surface area contributed by atoms with Crippen molar-refractivity contribution >= 4 is 17.1 Å². The van der Waals surface area contributed by atoms with E-state index >= 15 is 0 Å². The molecule has 0 aliphatic rings. The van der Waals surface area contributed by atoms with Crippen LogP contribution in [0.3, 0.4) is 0 Å². The standard InChI is InChI=1S/C27H26N4O2/c1-17(28)23-13-20(9-12-25(23)29)24-14-21(31-26(16-32)18-5-3-2-4-6-18)15-30-27(24)19-7-10-22(33)11-8-19/h2-15,26,28,31-33H,16,29H2,1H3. The van der Waals surface area contributed by atoms with Crippen LogP contribution in [0.5, 0.6) is 5.75 Å². The number of aliphatic hydroxyl groups excluding tert-OH is 1. The molecule has 0 aliphatic carbocycles. The molecule has 0 bridgehead atoms. The van der Waals surface area contributed by atoms with E-state index in [9.17, 15) is 10.2 Å². The number of aromatic nitrogens is 1. The van der Waals surface area contributed by atoms with Crippen LogP contribution in [-0.4, -0.2) is 27.5 Å². The summed E-state index contributed by atoms with van der Waals surface area (Å²) < 4.78 is 0. The Labute approximate surface area is 192 Å². The summed E-state index contributed by atoms with van der Waals surface area (Å²) in [4.78, 5) is 4.72. The van der Waals surface area contributed by atoms with Gasteiger partial charge in [-0.3, -0.25) is 4.98 Å².